The average Bonchev–Trinajstić information content (AvgIpc) is 2.78. The van der Waals surface area contributed by atoms with Gasteiger partial charge in [0.2, 0.25) is 0 Å². The summed E-state index contributed by atoms with van der Waals surface area (Å²) in [7, 11) is 0. The fourth-order valence-electron chi connectivity index (χ4n) is 1.98. The smallest absolute Gasteiger partial charge is 0.329 e. The van der Waals surface area contributed by atoms with Gasteiger partial charge in [-0.25, -0.2) is 4.79 Å². The van der Waals surface area contributed by atoms with E-state index in [1.165, 1.54) is 0 Å². The molecule has 0 bridgehead atoms. The molecule has 190 valence electrons. The Kier molecular flexibility index (Phi) is 26.9. The van der Waals surface area contributed by atoms with Gasteiger partial charge in [0.25, 0.3) is 0 Å². The van der Waals surface area contributed by atoms with E-state index >= 15 is 0 Å². The van der Waals surface area contributed by atoms with Crippen LogP contribution >= 0.6 is 0 Å². The maximum absolute atomic E-state index is 10.2. The van der Waals surface area contributed by atoms with Crippen molar-refractivity contribution < 1.29 is 52.5 Å². The van der Waals surface area contributed by atoms with Gasteiger partial charge < -0.3 is 47.7 Å². The molecular weight excluding hydrogens is 428 g/mol. The Balaban J connectivity index is 3.01. The van der Waals surface area contributed by atoms with Crippen LogP contribution in [0.2, 0.25) is 0 Å². The molecule has 0 unspecified atom stereocenters. The number of carboxylic acid groups (broad SMARTS) is 1. The number of ether oxygens (including phenoxy) is 9. The Morgan fingerprint density at radius 2 is 0.750 bits per heavy atom. The molecule has 0 aromatic heterocycles. The average molecular weight is 469 g/mol. The third kappa shape index (κ3) is 28.9. The van der Waals surface area contributed by atoms with Crippen molar-refractivity contribution in [1.29, 1.82) is 0 Å². The van der Waals surface area contributed by atoms with Gasteiger partial charge in [0.1, 0.15) is 6.61 Å². The van der Waals surface area contributed by atoms with Crippen LogP contribution in [-0.4, -0.2) is 130 Å². The Morgan fingerprint density at radius 3 is 1.00 bits per heavy atom. The second kappa shape index (κ2) is 27.9. The van der Waals surface area contributed by atoms with Gasteiger partial charge in [-0.1, -0.05) is 6.08 Å². The van der Waals surface area contributed by atoms with Gasteiger partial charge in [-0.15, -0.1) is 6.58 Å². The van der Waals surface area contributed by atoms with Gasteiger partial charge in [0.15, 0.2) is 0 Å². The first-order valence-corrected chi connectivity index (χ1v) is 10.8. The number of aliphatic carboxylic acids is 1. The quantitative estimate of drug-likeness (QED) is 0.127. The molecule has 0 saturated heterocycles. The van der Waals surface area contributed by atoms with Gasteiger partial charge in [0, 0.05) is 0 Å². The summed E-state index contributed by atoms with van der Waals surface area (Å²) >= 11 is 0. The highest BCUT2D eigenvalue weighted by Gasteiger charge is 1.97. The molecule has 11 nitrogen and oxygen atoms in total. The number of hydrogen-bond acceptors (Lipinski definition) is 10. The van der Waals surface area contributed by atoms with Crippen LogP contribution in [0, 0.1) is 0 Å². The lowest BCUT2D eigenvalue weighted by Crippen LogP contribution is -2.15. The van der Waals surface area contributed by atoms with Gasteiger partial charge >= 0.3 is 5.97 Å². The van der Waals surface area contributed by atoms with Gasteiger partial charge in [-0.3, -0.25) is 0 Å². The van der Waals surface area contributed by atoms with Crippen molar-refractivity contribution >= 4 is 5.97 Å². The summed E-state index contributed by atoms with van der Waals surface area (Å²) < 4.78 is 47.5. The first-order chi connectivity index (χ1) is 15.8. The van der Waals surface area contributed by atoms with Crippen LogP contribution in [0.5, 0.6) is 0 Å². The Labute approximate surface area is 190 Å². The summed E-state index contributed by atoms with van der Waals surface area (Å²) in [5.41, 5.74) is 0. The monoisotopic (exact) mass is 468 g/mol. The predicted molar refractivity (Wildman–Crippen MR) is 115 cm³/mol. The molecule has 0 aromatic carbocycles. The molecule has 0 amide bonds. The minimum Gasteiger partial charge on any atom is -0.480 e. The van der Waals surface area contributed by atoms with Crippen molar-refractivity contribution in [3.63, 3.8) is 0 Å². The zero-order valence-electron chi connectivity index (χ0n) is 19.0. The molecular formula is C21H40O11. The SMILES string of the molecule is C=CCOCCOCCOCCOCCOCCOCCOCCOCCOCC(=O)O. The number of rotatable bonds is 28. The van der Waals surface area contributed by atoms with Crippen LogP contribution < -0.4 is 0 Å². The van der Waals surface area contributed by atoms with Crippen molar-refractivity contribution in [1.82, 2.24) is 0 Å². The summed E-state index contributed by atoms with van der Waals surface area (Å²) in [5.74, 6) is -0.992. The third-order valence-electron chi connectivity index (χ3n) is 3.44. The first-order valence-electron chi connectivity index (χ1n) is 10.8. The number of hydrogen-bond donors (Lipinski definition) is 1. The molecule has 1 N–H and O–H groups in total. The normalized spacial score (nSPS) is 11.1. The molecule has 0 aliphatic heterocycles. The van der Waals surface area contributed by atoms with Crippen molar-refractivity contribution in [2.45, 2.75) is 0 Å². The molecule has 0 fully saturated rings. The lowest BCUT2D eigenvalue weighted by molar-refractivity contribution is -0.142. The van der Waals surface area contributed by atoms with E-state index in [1.807, 2.05) is 0 Å². The van der Waals surface area contributed by atoms with E-state index in [0.717, 1.165) is 0 Å². The zero-order chi connectivity index (χ0) is 23.4. The highest BCUT2D eigenvalue weighted by atomic mass is 16.6. The molecule has 0 atom stereocenters. The summed E-state index contributed by atoms with van der Waals surface area (Å²) in [6, 6.07) is 0. The van der Waals surface area contributed by atoms with Crippen LogP contribution in [0.25, 0.3) is 0 Å². The predicted octanol–water partition coefficient (Wildman–Crippen LogP) is 0.406. The Bertz CT molecular complexity index is 396. The standard InChI is InChI=1S/C21H40O11/c1-2-3-24-4-5-25-6-7-26-8-9-27-10-11-28-12-13-29-14-15-30-16-17-31-18-19-32-20-21(22)23/h2H,1,3-20H2,(H,22,23). The molecule has 0 aromatic rings. The van der Waals surface area contributed by atoms with Crippen LogP contribution in [0.3, 0.4) is 0 Å². The van der Waals surface area contributed by atoms with E-state index in [0.29, 0.717) is 106 Å². The van der Waals surface area contributed by atoms with E-state index in [1.54, 1.807) is 6.08 Å². The zero-order valence-corrected chi connectivity index (χ0v) is 19.0. The van der Waals surface area contributed by atoms with E-state index in [2.05, 4.69) is 6.58 Å². The second-order valence-corrected chi connectivity index (χ2v) is 6.10. The maximum atomic E-state index is 10.2. The molecule has 11 heteroatoms. The fourth-order valence-corrected chi connectivity index (χ4v) is 1.98. The minimum absolute atomic E-state index is 0.247. The van der Waals surface area contributed by atoms with Crippen LogP contribution in [-0.2, 0) is 47.4 Å². The van der Waals surface area contributed by atoms with Gasteiger partial charge in [0.05, 0.1) is 112 Å². The highest BCUT2D eigenvalue weighted by Crippen LogP contribution is 1.86. The summed E-state index contributed by atoms with van der Waals surface area (Å²) in [6.45, 7) is 11.4. The molecule has 0 rings (SSSR count). The van der Waals surface area contributed by atoms with Crippen LogP contribution in [0.4, 0.5) is 0 Å². The van der Waals surface area contributed by atoms with Crippen molar-refractivity contribution in [2.75, 3.05) is 119 Å². The molecule has 0 spiro atoms. The number of carbonyl (C=O) groups is 1. The second-order valence-electron chi connectivity index (χ2n) is 6.10. The molecule has 0 aliphatic rings. The maximum Gasteiger partial charge on any atom is 0.329 e. The lowest BCUT2D eigenvalue weighted by atomic mass is 10.6. The van der Waals surface area contributed by atoms with Crippen LogP contribution in [0.1, 0.15) is 0 Å². The summed E-state index contributed by atoms with van der Waals surface area (Å²) in [5, 5.41) is 8.38. The summed E-state index contributed by atoms with van der Waals surface area (Å²) in [6.07, 6.45) is 1.70. The topological polar surface area (TPSA) is 120 Å². The molecule has 0 heterocycles. The molecule has 32 heavy (non-hydrogen) atoms. The van der Waals surface area contributed by atoms with E-state index < -0.39 is 5.97 Å². The Morgan fingerprint density at radius 1 is 0.500 bits per heavy atom. The first kappa shape index (κ1) is 30.9. The number of carboxylic acids is 1. The minimum atomic E-state index is -0.992. The fraction of sp³-hybridized carbons (Fsp3) is 0.857. The van der Waals surface area contributed by atoms with Crippen molar-refractivity contribution in [2.24, 2.45) is 0 Å². The molecule has 0 saturated carbocycles. The van der Waals surface area contributed by atoms with Gasteiger partial charge in [-0.2, -0.15) is 0 Å². The molecule has 0 aliphatic carbocycles. The van der Waals surface area contributed by atoms with E-state index in [-0.39, 0.29) is 13.2 Å². The van der Waals surface area contributed by atoms with E-state index in [9.17, 15) is 4.79 Å². The molecule has 0 radical (unpaired) electrons. The third-order valence-corrected chi connectivity index (χ3v) is 3.44. The van der Waals surface area contributed by atoms with Crippen molar-refractivity contribution in [3.8, 4) is 0 Å². The van der Waals surface area contributed by atoms with Gasteiger partial charge in [-0.05, 0) is 0 Å². The van der Waals surface area contributed by atoms with E-state index in [4.69, 9.17) is 47.7 Å². The summed E-state index contributed by atoms with van der Waals surface area (Å²) in [4.78, 5) is 10.2. The lowest BCUT2D eigenvalue weighted by Gasteiger charge is -2.08. The van der Waals surface area contributed by atoms with Crippen molar-refractivity contribution in [3.05, 3.63) is 12.7 Å². The van der Waals surface area contributed by atoms with Crippen LogP contribution in [0.15, 0.2) is 12.7 Å². The largest absolute Gasteiger partial charge is 0.480 e. The highest BCUT2D eigenvalue weighted by molar-refractivity contribution is 5.67. The Hall–Kier alpha value is -1.15.